The molecule has 2 unspecified atom stereocenters. The van der Waals surface area contributed by atoms with Crippen LogP contribution in [-0.4, -0.2) is 142 Å². The molecule has 272 valence electrons. The maximum absolute atomic E-state index is 12.2. The first-order chi connectivity index (χ1) is 21.8. The number of carbonyl (C=O) groups is 6. The van der Waals surface area contributed by atoms with E-state index < -0.39 is 53.0 Å². The summed E-state index contributed by atoms with van der Waals surface area (Å²) in [5.41, 5.74) is -2.58. The summed E-state index contributed by atoms with van der Waals surface area (Å²) in [7, 11) is 5.17. The molecule has 2 aliphatic rings. The van der Waals surface area contributed by atoms with Crippen molar-refractivity contribution >= 4 is 52.0 Å². The van der Waals surface area contributed by atoms with Crippen molar-refractivity contribution in [2.45, 2.75) is 83.7 Å². The minimum absolute atomic E-state index is 0.0201. The largest absolute Gasteiger partial charge is 0.469 e. The van der Waals surface area contributed by atoms with E-state index in [2.05, 4.69) is 30.1 Å². The molecular formula is C30H51BrN2O14. The van der Waals surface area contributed by atoms with E-state index in [-0.39, 0.29) is 38.5 Å². The van der Waals surface area contributed by atoms with Gasteiger partial charge in [0, 0.05) is 24.8 Å². The topological polar surface area (TPSA) is 183 Å². The first kappa shape index (κ1) is 43.8. The van der Waals surface area contributed by atoms with Crippen LogP contribution in [0.5, 0.6) is 0 Å². The van der Waals surface area contributed by atoms with Crippen LogP contribution in [0.25, 0.3) is 0 Å². The predicted octanol–water partition coefficient (Wildman–Crippen LogP) is 2.86. The highest BCUT2D eigenvalue weighted by Crippen LogP contribution is 2.27. The van der Waals surface area contributed by atoms with Crippen LogP contribution in [-0.2, 0) is 57.1 Å². The number of nitrogens with zero attached hydrogens (tertiary/aromatic N) is 2. The molecule has 2 amide bonds. The number of morpholine rings is 2. The minimum Gasteiger partial charge on any atom is -0.469 e. The standard InChI is InChI=1S/C15H25NO7.C11H19NO5.C4H7BrO2/c1-14(2,3)23-13(19)16-8-9-22-15(10-16,12(18)21-5)7-6-11(17)20-4;1-11(2,3)17-10(14)12-5-6-16-8(7-12)9(13)15-4;1-7-4(6)2-3-5/h6-10H2,1-5H3;8H,5-7H2,1-4H3;2-3H2,1H3. The van der Waals surface area contributed by atoms with Crippen molar-refractivity contribution in [2.24, 2.45) is 0 Å². The van der Waals surface area contributed by atoms with Gasteiger partial charge in [-0.2, -0.15) is 0 Å². The zero-order valence-electron chi connectivity index (χ0n) is 29.1. The van der Waals surface area contributed by atoms with Gasteiger partial charge in [-0.3, -0.25) is 9.59 Å². The highest BCUT2D eigenvalue weighted by Gasteiger charge is 2.47. The monoisotopic (exact) mass is 742 g/mol. The Morgan fingerprint density at radius 1 is 0.745 bits per heavy atom. The summed E-state index contributed by atoms with van der Waals surface area (Å²) >= 11 is 3.09. The maximum Gasteiger partial charge on any atom is 0.410 e. The number of esters is 4. The van der Waals surface area contributed by atoms with Gasteiger partial charge in [0.1, 0.15) is 11.2 Å². The fourth-order valence-corrected chi connectivity index (χ4v) is 4.15. The average molecular weight is 744 g/mol. The van der Waals surface area contributed by atoms with Crippen molar-refractivity contribution < 1.29 is 66.7 Å². The van der Waals surface area contributed by atoms with Crippen molar-refractivity contribution in [3.8, 4) is 0 Å². The Balaban J connectivity index is 0.000000770. The average Bonchev–Trinajstić information content (AvgIpc) is 3.02. The third-order valence-electron chi connectivity index (χ3n) is 6.06. The van der Waals surface area contributed by atoms with Crippen molar-refractivity contribution in [3.63, 3.8) is 0 Å². The van der Waals surface area contributed by atoms with Gasteiger partial charge in [-0.05, 0) is 48.0 Å². The lowest BCUT2D eigenvalue weighted by Crippen LogP contribution is -2.59. The molecule has 2 atom stereocenters. The van der Waals surface area contributed by atoms with Gasteiger partial charge in [0.15, 0.2) is 11.7 Å². The normalized spacial score (nSPS) is 19.3. The lowest BCUT2D eigenvalue weighted by Gasteiger charge is -2.40. The Morgan fingerprint density at radius 2 is 1.26 bits per heavy atom. The number of hydrogen-bond donors (Lipinski definition) is 0. The molecule has 17 heteroatoms. The zero-order valence-corrected chi connectivity index (χ0v) is 30.7. The molecule has 2 aliphatic heterocycles. The SMILES string of the molecule is COC(=O)C1CN(C(=O)OC(C)(C)C)CCO1.COC(=O)CCBr.COC(=O)CCC1(C(=O)OC)CN(C(=O)OC(C)(C)C)CCO1. The van der Waals surface area contributed by atoms with Crippen molar-refractivity contribution in [3.05, 3.63) is 0 Å². The summed E-state index contributed by atoms with van der Waals surface area (Å²) in [6.45, 7) is 12.0. The van der Waals surface area contributed by atoms with E-state index >= 15 is 0 Å². The number of rotatable bonds is 7. The van der Waals surface area contributed by atoms with Crippen LogP contribution in [0.4, 0.5) is 9.59 Å². The van der Waals surface area contributed by atoms with E-state index in [0.717, 1.165) is 0 Å². The van der Waals surface area contributed by atoms with Gasteiger partial charge in [0.05, 0.1) is 61.2 Å². The summed E-state index contributed by atoms with van der Waals surface area (Å²) in [6.07, 6.45) is -1.20. The quantitative estimate of drug-likeness (QED) is 0.211. The summed E-state index contributed by atoms with van der Waals surface area (Å²) in [5, 5.41) is 0.680. The number of halogens is 1. The number of carbonyl (C=O) groups excluding carboxylic acids is 6. The van der Waals surface area contributed by atoms with Crippen molar-refractivity contribution in [2.75, 3.05) is 73.2 Å². The molecule has 2 saturated heterocycles. The third kappa shape index (κ3) is 17.5. The molecule has 0 radical (unpaired) electrons. The van der Waals surface area contributed by atoms with E-state index in [1.807, 2.05) is 0 Å². The second kappa shape index (κ2) is 20.9. The van der Waals surface area contributed by atoms with Crippen LogP contribution in [0.3, 0.4) is 0 Å². The number of methoxy groups -OCH3 is 4. The molecule has 0 aliphatic carbocycles. The molecule has 16 nitrogen and oxygen atoms in total. The van der Waals surface area contributed by atoms with E-state index in [1.165, 1.54) is 38.2 Å². The highest BCUT2D eigenvalue weighted by molar-refractivity contribution is 9.09. The number of alkyl halides is 1. The van der Waals surface area contributed by atoms with Gasteiger partial charge in [-0.1, -0.05) is 15.9 Å². The lowest BCUT2D eigenvalue weighted by atomic mass is 9.95. The van der Waals surface area contributed by atoms with E-state index in [9.17, 15) is 28.8 Å². The smallest absolute Gasteiger partial charge is 0.410 e. The van der Waals surface area contributed by atoms with Gasteiger partial charge < -0.3 is 47.7 Å². The molecule has 0 N–H and O–H groups in total. The fraction of sp³-hybridized carbons (Fsp3) is 0.800. The number of ether oxygens (including phenoxy) is 8. The predicted molar refractivity (Wildman–Crippen MR) is 170 cm³/mol. The van der Waals surface area contributed by atoms with E-state index in [4.69, 9.17) is 23.7 Å². The van der Waals surface area contributed by atoms with Gasteiger partial charge >= 0.3 is 36.1 Å². The first-order valence-corrected chi connectivity index (χ1v) is 16.0. The molecule has 0 spiro atoms. The molecule has 0 bridgehead atoms. The Labute approximate surface area is 285 Å². The highest BCUT2D eigenvalue weighted by atomic mass is 79.9. The second-order valence-electron chi connectivity index (χ2n) is 12.1. The van der Waals surface area contributed by atoms with Gasteiger partial charge in [-0.25, -0.2) is 19.2 Å². The molecule has 0 saturated carbocycles. The fourth-order valence-electron chi connectivity index (χ4n) is 3.83. The molecule has 2 heterocycles. The van der Waals surface area contributed by atoms with Crippen molar-refractivity contribution in [1.29, 1.82) is 0 Å². The van der Waals surface area contributed by atoms with E-state index in [0.29, 0.717) is 31.4 Å². The minimum atomic E-state index is -1.39. The number of amides is 2. The van der Waals surface area contributed by atoms with Crippen LogP contribution in [0.2, 0.25) is 0 Å². The molecule has 2 fully saturated rings. The van der Waals surface area contributed by atoms with E-state index in [1.54, 1.807) is 41.5 Å². The molecule has 0 aromatic carbocycles. The zero-order chi connectivity index (χ0) is 36.4. The number of hydrogen-bond acceptors (Lipinski definition) is 14. The molecule has 0 aromatic heterocycles. The summed E-state index contributed by atoms with van der Waals surface area (Å²) in [5.74, 6) is -1.74. The van der Waals surface area contributed by atoms with Crippen LogP contribution >= 0.6 is 15.9 Å². The molecular weight excluding hydrogens is 692 g/mol. The molecule has 0 aromatic rings. The Kier molecular flexibility index (Phi) is 19.5. The Morgan fingerprint density at radius 3 is 1.70 bits per heavy atom. The van der Waals surface area contributed by atoms with Crippen LogP contribution in [0.1, 0.15) is 60.8 Å². The van der Waals surface area contributed by atoms with Gasteiger partial charge in [-0.15, -0.1) is 0 Å². The molecule has 47 heavy (non-hydrogen) atoms. The summed E-state index contributed by atoms with van der Waals surface area (Å²) in [6, 6.07) is 0. The first-order valence-electron chi connectivity index (χ1n) is 14.8. The van der Waals surface area contributed by atoms with Crippen LogP contribution in [0, 0.1) is 0 Å². The Hall–Kier alpha value is -3.18. The maximum atomic E-state index is 12.2. The van der Waals surface area contributed by atoms with Crippen LogP contribution in [0.15, 0.2) is 0 Å². The van der Waals surface area contributed by atoms with Crippen molar-refractivity contribution in [1.82, 2.24) is 9.80 Å². The Bertz CT molecular complexity index is 1040. The van der Waals surface area contributed by atoms with Gasteiger partial charge in [0.25, 0.3) is 0 Å². The summed E-state index contributed by atoms with van der Waals surface area (Å²) < 4.78 is 39.6. The summed E-state index contributed by atoms with van der Waals surface area (Å²) in [4.78, 5) is 71.8. The van der Waals surface area contributed by atoms with Gasteiger partial charge in [0.2, 0.25) is 0 Å². The lowest BCUT2D eigenvalue weighted by molar-refractivity contribution is -0.182. The molecule has 2 rings (SSSR count). The van der Waals surface area contributed by atoms with Crippen LogP contribution < -0.4 is 0 Å². The third-order valence-corrected chi connectivity index (χ3v) is 6.46. The second-order valence-corrected chi connectivity index (χ2v) is 12.9.